The molecule has 0 radical (unpaired) electrons. The second-order valence-corrected chi connectivity index (χ2v) is 7.17. The predicted octanol–water partition coefficient (Wildman–Crippen LogP) is 5.82. The maximum absolute atomic E-state index is 12.1. The van der Waals surface area contributed by atoms with Crippen LogP contribution in [0.1, 0.15) is 26.3 Å². The number of methoxy groups -OCH3 is 1. The molecule has 184 valence electrons. The molecule has 0 aliphatic heterocycles. The second kappa shape index (κ2) is 16.0. The van der Waals surface area contributed by atoms with Crippen LogP contribution < -0.4 is 9.47 Å². The summed E-state index contributed by atoms with van der Waals surface area (Å²) in [5, 5.41) is 0. The van der Waals surface area contributed by atoms with Crippen LogP contribution in [0.5, 0.6) is 11.5 Å². The lowest BCUT2D eigenvalue weighted by Crippen LogP contribution is -2.10. The standard InChI is InChI=1S/C23H20O5.C6H6.CH2O/c1-26-20-11-7-17(8-12-20)15-16-27-22(24)19-9-13-21(14-10-19)28-23(25)18-5-3-2-4-6-18;1-2-4-6-5-3-1;1-2/h2-14H,15-16H2,1H3;1-6H;1H2. The fraction of sp³-hybridized carbons (Fsp3) is 0.100. The molecule has 0 amide bonds. The van der Waals surface area contributed by atoms with E-state index in [1.165, 1.54) is 0 Å². The van der Waals surface area contributed by atoms with Gasteiger partial charge >= 0.3 is 11.9 Å². The number of hydrogen-bond donors (Lipinski definition) is 0. The fourth-order valence-electron chi connectivity index (χ4n) is 2.92. The molecule has 0 unspecified atom stereocenters. The maximum Gasteiger partial charge on any atom is 0.343 e. The molecular formula is C30H28O6. The summed E-state index contributed by atoms with van der Waals surface area (Å²) in [5.41, 5.74) is 1.91. The van der Waals surface area contributed by atoms with Crippen molar-refractivity contribution in [3.8, 4) is 11.5 Å². The van der Waals surface area contributed by atoms with Gasteiger partial charge in [0.15, 0.2) is 0 Å². The number of esters is 2. The van der Waals surface area contributed by atoms with E-state index in [4.69, 9.17) is 19.0 Å². The van der Waals surface area contributed by atoms with E-state index in [-0.39, 0.29) is 6.61 Å². The summed E-state index contributed by atoms with van der Waals surface area (Å²) in [6, 6.07) is 34.6. The van der Waals surface area contributed by atoms with Crippen LogP contribution in [0, 0.1) is 0 Å². The molecule has 4 aromatic carbocycles. The lowest BCUT2D eigenvalue weighted by atomic mass is 10.1. The summed E-state index contributed by atoms with van der Waals surface area (Å²) in [6.07, 6.45) is 0.614. The highest BCUT2D eigenvalue weighted by Gasteiger charge is 2.10. The van der Waals surface area contributed by atoms with Gasteiger partial charge in [-0.2, -0.15) is 0 Å². The number of ether oxygens (including phenoxy) is 3. The Morgan fingerprint density at radius 3 is 1.61 bits per heavy atom. The molecule has 0 aliphatic carbocycles. The molecule has 0 fully saturated rings. The van der Waals surface area contributed by atoms with Gasteiger partial charge in [0.05, 0.1) is 24.8 Å². The molecule has 0 aromatic heterocycles. The average molecular weight is 485 g/mol. The van der Waals surface area contributed by atoms with Crippen LogP contribution in [0.2, 0.25) is 0 Å². The van der Waals surface area contributed by atoms with Gasteiger partial charge in [-0.1, -0.05) is 66.7 Å². The third-order valence-electron chi connectivity index (χ3n) is 4.76. The van der Waals surface area contributed by atoms with Crippen molar-refractivity contribution < 1.29 is 28.6 Å². The summed E-state index contributed by atoms with van der Waals surface area (Å²) < 4.78 is 15.7. The lowest BCUT2D eigenvalue weighted by molar-refractivity contribution is -0.0980. The van der Waals surface area contributed by atoms with Crippen molar-refractivity contribution in [3.63, 3.8) is 0 Å². The van der Waals surface area contributed by atoms with E-state index in [0.717, 1.165) is 11.3 Å². The van der Waals surface area contributed by atoms with Gasteiger partial charge in [-0.05, 0) is 54.1 Å². The molecule has 0 aliphatic rings. The van der Waals surface area contributed by atoms with E-state index >= 15 is 0 Å². The molecule has 0 saturated heterocycles. The minimum Gasteiger partial charge on any atom is -0.497 e. The smallest absolute Gasteiger partial charge is 0.343 e. The van der Waals surface area contributed by atoms with Gasteiger partial charge in [0.1, 0.15) is 18.3 Å². The first-order valence-corrected chi connectivity index (χ1v) is 11.1. The molecule has 0 atom stereocenters. The Balaban J connectivity index is 0.000000491. The van der Waals surface area contributed by atoms with Gasteiger partial charge in [-0.15, -0.1) is 0 Å². The number of hydrogen-bond acceptors (Lipinski definition) is 6. The Kier molecular flexibility index (Phi) is 12.2. The number of rotatable bonds is 7. The molecule has 0 heterocycles. The van der Waals surface area contributed by atoms with Crippen molar-refractivity contribution in [2.75, 3.05) is 13.7 Å². The van der Waals surface area contributed by atoms with Crippen LogP contribution in [0.25, 0.3) is 0 Å². The van der Waals surface area contributed by atoms with Gasteiger partial charge in [-0.25, -0.2) is 9.59 Å². The summed E-state index contributed by atoms with van der Waals surface area (Å²) >= 11 is 0. The molecular weight excluding hydrogens is 456 g/mol. The monoisotopic (exact) mass is 484 g/mol. The first-order chi connectivity index (χ1) is 17.7. The van der Waals surface area contributed by atoms with Crippen molar-refractivity contribution in [1.82, 2.24) is 0 Å². The minimum atomic E-state index is -0.449. The van der Waals surface area contributed by atoms with Crippen molar-refractivity contribution in [3.05, 3.63) is 132 Å². The Morgan fingerprint density at radius 1 is 0.611 bits per heavy atom. The van der Waals surface area contributed by atoms with E-state index < -0.39 is 11.9 Å². The summed E-state index contributed by atoms with van der Waals surface area (Å²) in [7, 11) is 1.62. The first-order valence-electron chi connectivity index (χ1n) is 11.1. The van der Waals surface area contributed by atoms with Crippen LogP contribution in [0.15, 0.2) is 115 Å². The Hall–Kier alpha value is -4.71. The van der Waals surface area contributed by atoms with E-state index in [2.05, 4.69) is 0 Å². The van der Waals surface area contributed by atoms with Crippen LogP contribution in [0.4, 0.5) is 0 Å². The topological polar surface area (TPSA) is 78.9 Å². The maximum atomic E-state index is 12.1. The molecule has 6 nitrogen and oxygen atoms in total. The highest BCUT2D eigenvalue weighted by molar-refractivity contribution is 5.92. The predicted molar refractivity (Wildman–Crippen MR) is 138 cm³/mol. The zero-order valence-corrected chi connectivity index (χ0v) is 20.0. The number of carbonyl (C=O) groups excluding carboxylic acids is 3. The minimum absolute atomic E-state index is 0.274. The highest BCUT2D eigenvalue weighted by Crippen LogP contribution is 2.16. The fourth-order valence-corrected chi connectivity index (χ4v) is 2.92. The first kappa shape index (κ1) is 27.5. The van der Waals surface area contributed by atoms with Crippen LogP contribution in [-0.2, 0) is 16.0 Å². The van der Waals surface area contributed by atoms with E-state index in [0.29, 0.717) is 23.3 Å². The molecule has 6 heteroatoms. The summed E-state index contributed by atoms with van der Waals surface area (Å²) in [4.78, 5) is 32.2. The SMILES string of the molecule is C=O.COc1ccc(CCOC(=O)c2ccc(OC(=O)c3ccccc3)cc2)cc1.c1ccccc1. The lowest BCUT2D eigenvalue weighted by Gasteiger charge is -2.07. The highest BCUT2D eigenvalue weighted by atomic mass is 16.5. The Labute approximate surface area is 211 Å². The van der Waals surface area contributed by atoms with Gasteiger partial charge in [0, 0.05) is 6.42 Å². The molecule has 4 rings (SSSR count). The molecule has 4 aromatic rings. The van der Waals surface area contributed by atoms with Crippen LogP contribution in [-0.4, -0.2) is 32.4 Å². The summed E-state index contributed by atoms with van der Waals surface area (Å²) in [5.74, 6) is 0.280. The van der Waals surface area contributed by atoms with Gasteiger partial charge < -0.3 is 19.0 Å². The number of carbonyl (C=O) groups is 3. The molecule has 0 spiro atoms. The average Bonchev–Trinajstić information content (AvgIpc) is 2.96. The van der Waals surface area contributed by atoms with Crippen molar-refractivity contribution in [2.45, 2.75) is 6.42 Å². The van der Waals surface area contributed by atoms with E-state index in [1.54, 1.807) is 55.6 Å². The molecule has 0 bridgehead atoms. The van der Waals surface area contributed by atoms with Crippen LogP contribution in [0.3, 0.4) is 0 Å². The molecule has 0 saturated carbocycles. The van der Waals surface area contributed by atoms with Crippen molar-refractivity contribution in [1.29, 1.82) is 0 Å². The molecule has 0 N–H and O–H groups in total. The second-order valence-electron chi connectivity index (χ2n) is 7.17. The van der Waals surface area contributed by atoms with Crippen molar-refractivity contribution in [2.24, 2.45) is 0 Å². The molecule has 36 heavy (non-hydrogen) atoms. The normalized spacial score (nSPS) is 9.36. The zero-order valence-electron chi connectivity index (χ0n) is 20.0. The van der Waals surface area contributed by atoms with Gasteiger partial charge in [0.25, 0.3) is 0 Å². The van der Waals surface area contributed by atoms with Gasteiger partial charge in [-0.3, -0.25) is 0 Å². The van der Waals surface area contributed by atoms with Crippen molar-refractivity contribution >= 4 is 18.7 Å². The quantitative estimate of drug-likeness (QED) is 0.243. The number of benzene rings is 4. The Morgan fingerprint density at radius 2 is 1.08 bits per heavy atom. The Bertz CT molecular complexity index is 1130. The van der Waals surface area contributed by atoms with Crippen LogP contribution >= 0.6 is 0 Å². The summed E-state index contributed by atoms with van der Waals surface area (Å²) in [6.45, 7) is 2.27. The zero-order chi connectivity index (χ0) is 26.0. The largest absolute Gasteiger partial charge is 0.497 e. The van der Waals surface area contributed by atoms with E-state index in [9.17, 15) is 9.59 Å². The third-order valence-corrected chi connectivity index (χ3v) is 4.76. The third kappa shape index (κ3) is 9.65. The van der Waals surface area contributed by atoms with Gasteiger partial charge in [0.2, 0.25) is 0 Å². The van der Waals surface area contributed by atoms with E-state index in [1.807, 2.05) is 73.5 Å².